The van der Waals surface area contributed by atoms with E-state index in [-0.39, 0.29) is 5.57 Å². The van der Waals surface area contributed by atoms with E-state index in [1.807, 2.05) is 6.07 Å². The first-order valence-electron chi connectivity index (χ1n) is 3.70. The maximum absolute atomic E-state index is 10.9. The Kier molecular flexibility index (Phi) is 3.05. The average Bonchev–Trinajstić information content (AvgIpc) is 2.15. The van der Waals surface area contributed by atoms with Gasteiger partial charge < -0.3 is 5.73 Å². The van der Waals surface area contributed by atoms with Gasteiger partial charge in [0.15, 0.2) is 0 Å². The molecule has 0 aliphatic rings. The second kappa shape index (κ2) is 4.27. The lowest BCUT2D eigenvalue weighted by Gasteiger charge is -2.01. The zero-order valence-corrected chi connectivity index (χ0v) is 6.90. The monoisotopic (exact) mass is 178 g/mol. The Labute approximate surface area is 75.6 Å². The second-order valence-electron chi connectivity index (χ2n) is 2.42. The minimum Gasteiger partial charge on any atom is -0.366 e. The van der Waals surface area contributed by atoms with Gasteiger partial charge in [-0.15, -0.1) is 0 Å². The van der Waals surface area contributed by atoms with Crippen LogP contribution in [0.5, 0.6) is 0 Å². The maximum atomic E-state index is 10.9. The van der Waals surface area contributed by atoms with Crippen molar-refractivity contribution in [3.05, 3.63) is 42.1 Å². The minimum atomic E-state index is -0.590. The molecule has 0 aromatic heterocycles. The molecule has 0 spiro atoms. The molecule has 4 nitrogen and oxygen atoms in total. The molecule has 0 aliphatic heterocycles. The highest BCUT2D eigenvalue weighted by molar-refractivity contribution is 6.18. The van der Waals surface area contributed by atoms with Crippen LogP contribution in [0.1, 0.15) is 5.56 Å². The summed E-state index contributed by atoms with van der Waals surface area (Å²) in [6, 6.07) is 8.85. The first-order valence-corrected chi connectivity index (χ1v) is 3.70. The van der Waals surface area contributed by atoms with Crippen LogP contribution in [0.4, 0.5) is 0 Å². The van der Waals surface area contributed by atoms with E-state index in [4.69, 9.17) is 10.9 Å². The van der Waals surface area contributed by atoms with Gasteiger partial charge in [-0.25, -0.2) is 0 Å². The van der Waals surface area contributed by atoms with Gasteiger partial charge in [-0.05, 0) is 5.56 Å². The van der Waals surface area contributed by atoms with Gasteiger partial charge in [0.25, 0.3) is 5.91 Å². The fourth-order valence-electron chi connectivity index (χ4n) is 0.979. The number of carbonyl (C=O) groups is 1. The van der Waals surface area contributed by atoms with E-state index in [9.17, 15) is 4.79 Å². The van der Waals surface area contributed by atoms with Crippen LogP contribution in [0, 0.1) is 0 Å². The number of hydrogen-bond donors (Lipinski definition) is 3. The van der Waals surface area contributed by atoms with Crippen molar-refractivity contribution < 1.29 is 10.0 Å². The zero-order chi connectivity index (χ0) is 9.68. The highest BCUT2D eigenvalue weighted by Gasteiger charge is 2.06. The Morgan fingerprint density at radius 1 is 1.38 bits per heavy atom. The SMILES string of the molecule is NC(=O)C(=CNO)c1ccccc1. The lowest BCUT2D eigenvalue weighted by molar-refractivity contribution is -0.112. The fraction of sp³-hybridized carbons (Fsp3) is 0. The van der Waals surface area contributed by atoms with Crippen molar-refractivity contribution in [2.45, 2.75) is 0 Å². The summed E-state index contributed by atoms with van der Waals surface area (Å²) in [4.78, 5) is 10.9. The van der Waals surface area contributed by atoms with Gasteiger partial charge in [-0.1, -0.05) is 30.3 Å². The molecule has 0 radical (unpaired) electrons. The number of primary amides is 1. The number of nitrogens with two attached hydrogens (primary N) is 1. The van der Waals surface area contributed by atoms with Crippen molar-refractivity contribution in [1.29, 1.82) is 0 Å². The van der Waals surface area contributed by atoms with Crippen molar-refractivity contribution in [1.82, 2.24) is 5.48 Å². The van der Waals surface area contributed by atoms with E-state index in [2.05, 4.69) is 0 Å². The molecule has 0 saturated heterocycles. The lowest BCUT2D eigenvalue weighted by Crippen LogP contribution is -2.15. The van der Waals surface area contributed by atoms with Crippen molar-refractivity contribution in [3.63, 3.8) is 0 Å². The number of rotatable bonds is 3. The standard InChI is InChI=1S/C9H10N2O2/c10-9(12)8(6-11-13)7-4-2-1-3-5-7/h1-6,11,13H,(H2,10,12). The summed E-state index contributed by atoms with van der Waals surface area (Å²) in [7, 11) is 0. The van der Waals surface area contributed by atoms with Crippen LogP contribution < -0.4 is 11.2 Å². The number of hydrogen-bond acceptors (Lipinski definition) is 3. The highest BCUT2D eigenvalue weighted by Crippen LogP contribution is 2.11. The normalized spacial score (nSPS) is 11.0. The Morgan fingerprint density at radius 2 is 2.00 bits per heavy atom. The number of hydroxylamine groups is 1. The molecule has 1 aromatic rings. The maximum Gasteiger partial charge on any atom is 0.250 e. The van der Waals surface area contributed by atoms with E-state index in [1.165, 1.54) is 0 Å². The smallest absolute Gasteiger partial charge is 0.250 e. The Morgan fingerprint density at radius 3 is 2.46 bits per heavy atom. The number of benzene rings is 1. The Balaban J connectivity index is 3.03. The first-order chi connectivity index (χ1) is 6.25. The average molecular weight is 178 g/mol. The van der Waals surface area contributed by atoms with Gasteiger partial charge >= 0.3 is 0 Å². The van der Waals surface area contributed by atoms with Crippen LogP contribution in [0.3, 0.4) is 0 Å². The summed E-state index contributed by atoms with van der Waals surface area (Å²) in [6.07, 6.45) is 1.15. The number of carbonyl (C=O) groups excluding carboxylic acids is 1. The Hall–Kier alpha value is -1.81. The van der Waals surface area contributed by atoms with Crippen LogP contribution in [0.2, 0.25) is 0 Å². The molecule has 0 saturated carbocycles. The molecule has 1 rings (SSSR count). The molecular weight excluding hydrogens is 168 g/mol. The van der Waals surface area contributed by atoms with E-state index in [1.54, 1.807) is 29.7 Å². The molecule has 13 heavy (non-hydrogen) atoms. The van der Waals surface area contributed by atoms with Crippen LogP contribution in [-0.4, -0.2) is 11.1 Å². The summed E-state index contributed by atoms with van der Waals surface area (Å²) in [5.74, 6) is -0.590. The summed E-state index contributed by atoms with van der Waals surface area (Å²) < 4.78 is 0. The van der Waals surface area contributed by atoms with Crippen molar-refractivity contribution >= 4 is 11.5 Å². The number of amides is 1. The van der Waals surface area contributed by atoms with E-state index in [0.717, 1.165) is 6.20 Å². The van der Waals surface area contributed by atoms with Gasteiger partial charge in [0, 0.05) is 6.20 Å². The molecule has 0 bridgehead atoms. The van der Waals surface area contributed by atoms with Crippen LogP contribution in [0.25, 0.3) is 5.57 Å². The predicted octanol–water partition coefficient (Wildman–Crippen LogP) is 0.492. The second-order valence-corrected chi connectivity index (χ2v) is 2.42. The van der Waals surface area contributed by atoms with Gasteiger partial charge in [0.2, 0.25) is 0 Å². The summed E-state index contributed by atoms with van der Waals surface area (Å²) in [5.41, 5.74) is 7.78. The molecule has 1 aromatic carbocycles. The first kappa shape index (κ1) is 9.28. The highest BCUT2D eigenvalue weighted by atomic mass is 16.5. The minimum absolute atomic E-state index is 0.239. The third-order valence-corrected chi connectivity index (χ3v) is 1.56. The molecule has 1 amide bonds. The van der Waals surface area contributed by atoms with E-state index in [0.29, 0.717) is 5.56 Å². The largest absolute Gasteiger partial charge is 0.366 e. The Bertz CT molecular complexity index is 320. The van der Waals surface area contributed by atoms with Crippen molar-refractivity contribution in [2.24, 2.45) is 5.73 Å². The van der Waals surface area contributed by atoms with Gasteiger partial charge in [0.05, 0.1) is 5.57 Å². The molecule has 0 aliphatic carbocycles. The molecule has 4 heteroatoms. The van der Waals surface area contributed by atoms with Gasteiger partial charge in [-0.2, -0.15) is 0 Å². The molecular formula is C9H10N2O2. The lowest BCUT2D eigenvalue weighted by atomic mass is 10.1. The van der Waals surface area contributed by atoms with Crippen LogP contribution in [-0.2, 0) is 4.79 Å². The molecule has 0 unspecified atom stereocenters. The summed E-state index contributed by atoms with van der Waals surface area (Å²) in [5, 5.41) is 8.41. The topological polar surface area (TPSA) is 75.4 Å². The molecule has 0 heterocycles. The summed E-state index contributed by atoms with van der Waals surface area (Å²) in [6.45, 7) is 0. The molecule has 0 atom stereocenters. The van der Waals surface area contributed by atoms with Gasteiger partial charge in [0.1, 0.15) is 0 Å². The predicted molar refractivity (Wildman–Crippen MR) is 48.5 cm³/mol. The van der Waals surface area contributed by atoms with Crippen molar-refractivity contribution in [2.75, 3.05) is 0 Å². The van der Waals surface area contributed by atoms with E-state index < -0.39 is 5.91 Å². The quantitative estimate of drug-likeness (QED) is 0.465. The third kappa shape index (κ3) is 2.31. The summed E-state index contributed by atoms with van der Waals surface area (Å²) >= 11 is 0. The molecule has 4 N–H and O–H groups in total. The van der Waals surface area contributed by atoms with Gasteiger partial charge in [-0.3, -0.25) is 15.5 Å². The van der Waals surface area contributed by atoms with Crippen LogP contribution >= 0.6 is 0 Å². The van der Waals surface area contributed by atoms with Crippen molar-refractivity contribution in [3.8, 4) is 0 Å². The van der Waals surface area contributed by atoms with Crippen LogP contribution in [0.15, 0.2) is 36.5 Å². The van der Waals surface area contributed by atoms with E-state index >= 15 is 0 Å². The fourth-order valence-corrected chi connectivity index (χ4v) is 0.979. The molecule has 0 fully saturated rings. The zero-order valence-electron chi connectivity index (χ0n) is 6.90. The number of nitrogens with one attached hydrogen (secondary N) is 1. The third-order valence-electron chi connectivity index (χ3n) is 1.56. The molecule has 68 valence electrons.